The highest BCUT2D eigenvalue weighted by Gasteiger charge is 2.28. The van der Waals surface area contributed by atoms with Gasteiger partial charge >= 0.3 is 0 Å². The van der Waals surface area contributed by atoms with Gasteiger partial charge in [0.2, 0.25) is 0 Å². The van der Waals surface area contributed by atoms with E-state index in [1.807, 2.05) is 42.6 Å². The summed E-state index contributed by atoms with van der Waals surface area (Å²) in [7, 11) is 2.15. The number of hydrogen-bond donors (Lipinski definition) is 1. The van der Waals surface area contributed by atoms with Gasteiger partial charge in [0.25, 0.3) is 5.91 Å². The fourth-order valence-electron chi connectivity index (χ4n) is 5.16. The van der Waals surface area contributed by atoms with E-state index in [9.17, 15) is 9.18 Å². The Hall–Kier alpha value is -3.68. The Balaban J connectivity index is 1.36. The van der Waals surface area contributed by atoms with Crippen molar-refractivity contribution in [2.75, 3.05) is 30.4 Å². The molecule has 3 aromatic carbocycles. The number of aromatic nitrogens is 2. The molecule has 0 spiro atoms. The van der Waals surface area contributed by atoms with Gasteiger partial charge < -0.3 is 15.1 Å². The molecular weight excluding hydrogens is 489 g/mol. The number of hydrogen-bond acceptors (Lipinski definition) is 4. The lowest BCUT2D eigenvalue weighted by atomic mass is 10.0. The van der Waals surface area contributed by atoms with Gasteiger partial charge in [0.05, 0.1) is 41.4 Å². The number of amides is 1. The first-order chi connectivity index (χ1) is 17.9. The van der Waals surface area contributed by atoms with Crippen LogP contribution >= 0.6 is 11.6 Å². The van der Waals surface area contributed by atoms with Crippen molar-refractivity contribution in [3.05, 3.63) is 95.0 Å². The lowest BCUT2D eigenvalue weighted by molar-refractivity contribution is 0.0986. The van der Waals surface area contributed by atoms with E-state index in [0.29, 0.717) is 33.7 Å². The molecule has 2 aliphatic heterocycles. The predicted octanol–water partition coefficient (Wildman–Crippen LogP) is 6.51. The second-order valence-electron chi connectivity index (χ2n) is 9.81. The van der Waals surface area contributed by atoms with Gasteiger partial charge in [0.1, 0.15) is 5.82 Å². The van der Waals surface area contributed by atoms with Crippen LogP contribution in [0.25, 0.3) is 11.1 Å². The minimum absolute atomic E-state index is 0.212. The molecule has 0 atom stereocenters. The van der Waals surface area contributed by atoms with Gasteiger partial charge in [-0.05, 0) is 86.6 Å². The largest absolute Gasteiger partial charge is 0.353 e. The molecule has 8 heteroatoms. The molecule has 2 aliphatic rings. The minimum atomic E-state index is -0.405. The Morgan fingerprint density at radius 1 is 1.03 bits per heavy atom. The van der Waals surface area contributed by atoms with Crippen LogP contribution in [0.4, 0.5) is 21.5 Å². The molecule has 1 aromatic heterocycles. The first kappa shape index (κ1) is 23.7. The SMILES string of the molecule is CN1CCC(n2cc(-c3ccc4c(c3)C(=O)N(Cc3cccc(Cl)c3)c3cc(F)ccc3N4)cn2)CC1. The third kappa shape index (κ3) is 4.72. The third-order valence-corrected chi connectivity index (χ3v) is 7.48. The second-order valence-corrected chi connectivity index (χ2v) is 10.2. The van der Waals surface area contributed by atoms with Crippen LogP contribution in [0.5, 0.6) is 0 Å². The summed E-state index contributed by atoms with van der Waals surface area (Å²) in [6, 6.07) is 18.0. The maximum atomic E-state index is 14.3. The molecule has 1 fully saturated rings. The number of rotatable bonds is 4. The van der Waals surface area contributed by atoms with Crippen molar-refractivity contribution in [3.8, 4) is 11.1 Å². The van der Waals surface area contributed by atoms with Crippen LogP contribution in [0.15, 0.2) is 73.1 Å². The van der Waals surface area contributed by atoms with Crippen molar-refractivity contribution >= 4 is 34.6 Å². The van der Waals surface area contributed by atoms with E-state index in [4.69, 9.17) is 11.6 Å². The standard InChI is InChI=1S/C29H27ClFN5O/c1-34-11-9-24(10-12-34)36-18-21(16-32-36)20-5-7-26-25(14-20)29(37)35(17-19-3-2-4-22(30)13-19)28-15-23(31)6-8-27(28)33-26/h2-8,13-16,18,24,33H,9-12,17H2,1H3. The number of nitrogens with zero attached hydrogens (tertiary/aromatic N) is 4. The van der Waals surface area contributed by atoms with E-state index < -0.39 is 5.82 Å². The van der Waals surface area contributed by atoms with E-state index in [-0.39, 0.29) is 12.5 Å². The molecule has 3 heterocycles. The zero-order chi connectivity index (χ0) is 25.5. The molecule has 6 nitrogen and oxygen atoms in total. The van der Waals surface area contributed by atoms with Gasteiger partial charge in [-0.2, -0.15) is 5.10 Å². The number of anilines is 3. The first-order valence-corrected chi connectivity index (χ1v) is 12.8. The third-order valence-electron chi connectivity index (χ3n) is 7.24. The molecule has 6 rings (SSSR count). The summed E-state index contributed by atoms with van der Waals surface area (Å²) in [5.74, 6) is -0.617. The van der Waals surface area contributed by atoms with Crippen LogP contribution in [0.3, 0.4) is 0 Å². The van der Waals surface area contributed by atoms with Crippen molar-refractivity contribution < 1.29 is 9.18 Å². The lowest BCUT2D eigenvalue weighted by Gasteiger charge is -2.28. The van der Waals surface area contributed by atoms with Gasteiger partial charge in [-0.3, -0.25) is 9.48 Å². The molecule has 37 heavy (non-hydrogen) atoms. The number of piperidine rings is 1. The summed E-state index contributed by atoms with van der Waals surface area (Å²) in [6.07, 6.45) is 6.07. The van der Waals surface area contributed by atoms with Crippen molar-refractivity contribution in [2.45, 2.75) is 25.4 Å². The van der Waals surface area contributed by atoms with Gasteiger partial charge in [-0.25, -0.2) is 4.39 Å². The number of benzene rings is 3. The molecule has 188 valence electrons. The molecular formula is C29H27ClFN5O. The van der Waals surface area contributed by atoms with Crippen molar-refractivity contribution in [1.82, 2.24) is 14.7 Å². The average Bonchev–Trinajstić information content (AvgIpc) is 3.35. The molecule has 1 saturated heterocycles. The van der Waals surface area contributed by atoms with E-state index in [2.05, 4.69) is 33.2 Å². The van der Waals surface area contributed by atoms with Crippen molar-refractivity contribution in [1.29, 1.82) is 0 Å². The van der Waals surface area contributed by atoms with E-state index in [0.717, 1.165) is 42.6 Å². The average molecular weight is 516 g/mol. The Morgan fingerprint density at radius 3 is 2.65 bits per heavy atom. The predicted molar refractivity (Wildman–Crippen MR) is 145 cm³/mol. The fourth-order valence-corrected chi connectivity index (χ4v) is 5.38. The summed E-state index contributed by atoms with van der Waals surface area (Å²) in [5, 5.41) is 8.58. The van der Waals surface area contributed by atoms with Gasteiger partial charge in [0, 0.05) is 16.8 Å². The highest BCUT2D eigenvalue weighted by Crippen LogP contribution is 2.39. The smallest absolute Gasteiger partial charge is 0.260 e. The summed E-state index contributed by atoms with van der Waals surface area (Å²) in [4.78, 5) is 17.9. The second kappa shape index (κ2) is 9.65. The number of nitrogens with one attached hydrogen (secondary N) is 1. The van der Waals surface area contributed by atoms with Crippen molar-refractivity contribution in [3.63, 3.8) is 0 Å². The highest BCUT2D eigenvalue weighted by molar-refractivity contribution is 6.30. The molecule has 0 bridgehead atoms. The van der Waals surface area contributed by atoms with Crippen LogP contribution in [0, 0.1) is 5.82 Å². The maximum absolute atomic E-state index is 14.3. The van der Waals surface area contributed by atoms with Crippen LogP contribution in [-0.4, -0.2) is 40.7 Å². The summed E-state index contributed by atoms with van der Waals surface area (Å²) >= 11 is 6.21. The van der Waals surface area contributed by atoms with Gasteiger partial charge in [-0.1, -0.05) is 29.8 Å². The number of fused-ring (bicyclic) bond motifs is 2. The topological polar surface area (TPSA) is 53.4 Å². The highest BCUT2D eigenvalue weighted by atomic mass is 35.5. The molecule has 1 N–H and O–H groups in total. The van der Waals surface area contributed by atoms with E-state index in [1.54, 1.807) is 17.0 Å². The first-order valence-electron chi connectivity index (χ1n) is 12.4. The zero-order valence-corrected chi connectivity index (χ0v) is 21.3. The number of carbonyl (C=O) groups excluding carboxylic acids is 1. The Morgan fingerprint density at radius 2 is 1.84 bits per heavy atom. The molecule has 4 aromatic rings. The Bertz CT molecular complexity index is 1480. The monoisotopic (exact) mass is 515 g/mol. The van der Waals surface area contributed by atoms with Gasteiger partial charge in [0.15, 0.2) is 0 Å². The van der Waals surface area contributed by atoms with Crippen LogP contribution in [0.2, 0.25) is 5.02 Å². The van der Waals surface area contributed by atoms with Crippen LogP contribution in [0.1, 0.15) is 34.8 Å². The number of carbonyl (C=O) groups is 1. The van der Waals surface area contributed by atoms with Crippen LogP contribution in [-0.2, 0) is 6.54 Å². The molecule has 1 amide bonds. The van der Waals surface area contributed by atoms with E-state index in [1.165, 1.54) is 12.1 Å². The summed E-state index contributed by atoms with van der Waals surface area (Å²) in [6.45, 7) is 2.38. The Kier molecular flexibility index (Phi) is 6.18. The summed E-state index contributed by atoms with van der Waals surface area (Å²) < 4.78 is 16.4. The molecule has 0 radical (unpaired) electrons. The van der Waals surface area contributed by atoms with E-state index >= 15 is 0 Å². The summed E-state index contributed by atoms with van der Waals surface area (Å²) in [5.41, 5.74) is 5.07. The molecule has 0 unspecified atom stereocenters. The van der Waals surface area contributed by atoms with Gasteiger partial charge in [-0.15, -0.1) is 0 Å². The quantitative estimate of drug-likeness (QED) is 0.336. The number of halogens is 2. The molecule has 0 aliphatic carbocycles. The van der Waals surface area contributed by atoms with Crippen molar-refractivity contribution in [2.24, 2.45) is 0 Å². The molecule has 0 saturated carbocycles. The zero-order valence-electron chi connectivity index (χ0n) is 20.5. The van der Waals surface area contributed by atoms with Crippen LogP contribution < -0.4 is 10.2 Å². The Labute approximate surface area is 220 Å². The lowest BCUT2D eigenvalue weighted by Crippen LogP contribution is -2.31. The minimum Gasteiger partial charge on any atom is -0.353 e. The normalized spacial score (nSPS) is 16.2. The maximum Gasteiger partial charge on any atom is 0.260 e. The fraction of sp³-hybridized carbons (Fsp3) is 0.241. The number of likely N-dealkylation sites (tertiary alicyclic amines) is 1.